The average Bonchev–Trinajstić information content (AvgIpc) is 2.47. The molecule has 0 radical (unpaired) electrons. The van der Waals surface area contributed by atoms with Gasteiger partial charge in [-0.25, -0.2) is 9.37 Å². The van der Waals surface area contributed by atoms with E-state index in [1.54, 1.807) is 36.5 Å². The highest BCUT2D eigenvalue weighted by atomic mass is 19.1. The number of hydrogen-bond donors (Lipinski definition) is 1. The topological polar surface area (TPSA) is 45.2 Å². The Kier molecular flexibility index (Phi) is 4.30. The molecule has 0 aliphatic carbocycles. The molecule has 0 spiro atoms. The van der Waals surface area contributed by atoms with E-state index in [2.05, 4.69) is 10.3 Å². The largest absolute Gasteiger partial charge is 0.384 e. The molecular formula is C15H16FN3O. The molecular weight excluding hydrogens is 257 g/mol. The lowest BCUT2D eigenvalue weighted by Gasteiger charge is -2.17. The molecule has 1 aromatic carbocycles. The fraction of sp³-hybridized carbons (Fsp3) is 0.200. The van der Waals surface area contributed by atoms with E-state index in [1.165, 1.54) is 18.0 Å². The number of pyridine rings is 1. The van der Waals surface area contributed by atoms with E-state index in [-0.39, 0.29) is 17.3 Å². The van der Waals surface area contributed by atoms with Gasteiger partial charge in [0.15, 0.2) is 0 Å². The van der Waals surface area contributed by atoms with Crippen molar-refractivity contribution in [3.05, 3.63) is 54.1 Å². The number of amides is 1. The molecule has 1 heterocycles. The molecule has 104 valence electrons. The SMILES string of the molecule is CCNc1ccc(C(=O)N(C)c2ccccc2F)nc1. The minimum Gasteiger partial charge on any atom is -0.384 e. The van der Waals surface area contributed by atoms with Gasteiger partial charge in [0.05, 0.1) is 17.6 Å². The van der Waals surface area contributed by atoms with E-state index in [4.69, 9.17) is 0 Å². The number of nitrogens with zero attached hydrogens (tertiary/aromatic N) is 2. The van der Waals surface area contributed by atoms with E-state index < -0.39 is 5.82 Å². The zero-order valence-corrected chi connectivity index (χ0v) is 11.4. The van der Waals surface area contributed by atoms with Gasteiger partial charge < -0.3 is 10.2 Å². The maximum atomic E-state index is 13.7. The Hall–Kier alpha value is -2.43. The summed E-state index contributed by atoms with van der Waals surface area (Å²) < 4.78 is 13.7. The first kappa shape index (κ1) is 14.0. The van der Waals surface area contributed by atoms with Gasteiger partial charge in [-0.15, -0.1) is 0 Å². The predicted octanol–water partition coefficient (Wildman–Crippen LogP) is 2.93. The Bertz CT molecular complexity index is 598. The maximum absolute atomic E-state index is 13.7. The van der Waals surface area contributed by atoms with Crippen molar-refractivity contribution >= 4 is 17.3 Å². The first-order chi connectivity index (χ1) is 9.63. The van der Waals surface area contributed by atoms with E-state index in [9.17, 15) is 9.18 Å². The minimum atomic E-state index is -0.437. The number of aromatic nitrogens is 1. The van der Waals surface area contributed by atoms with Crippen LogP contribution in [-0.2, 0) is 0 Å². The van der Waals surface area contributed by atoms with E-state index in [0.29, 0.717) is 0 Å². The van der Waals surface area contributed by atoms with Gasteiger partial charge in [-0.1, -0.05) is 12.1 Å². The number of rotatable bonds is 4. The summed E-state index contributed by atoms with van der Waals surface area (Å²) in [6, 6.07) is 9.54. The van der Waals surface area contributed by atoms with Crippen LogP contribution in [0.5, 0.6) is 0 Å². The molecule has 1 N–H and O–H groups in total. The third-order valence-corrected chi connectivity index (χ3v) is 2.88. The summed E-state index contributed by atoms with van der Waals surface area (Å²) >= 11 is 0. The van der Waals surface area contributed by atoms with Crippen LogP contribution in [0.1, 0.15) is 17.4 Å². The molecule has 4 nitrogen and oxygen atoms in total. The van der Waals surface area contributed by atoms with Crippen LogP contribution in [0.25, 0.3) is 0 Å². The molecule has 1 aromatic heterocycles. The number of nitrogens with one attached hydrogen (secondary N) is 1. The van der Waals surface area contributed by atoms with Gasteiger partial charge in [0.1, 0.15) is 11.5 Å². The van der Waals surface area contributed by atoms with Crippen LogP contribution in [0.15, 0.2) is 42.6 Å². The summed E-state index contributed by atoms with van der Waals surface area (Å²) in [5.74, 6) is -0.786. The zero-order chi connectivity index (χ0) is 14.5. The summed E-state index contributed by atoms with van der Waals surface area (Å²) in [7, 11) is 1.53. The number of benzene rings is 1. The Morgan fingerprint density at radius 1 is 1.30 bits per heavy atom. The summed E-state index contributed by atoms with van der Waals surface area (Å²) in [6.07, 6.45) is 1.59. The van der Waals surface area contributed by atoms with E-state index in [0.717, 1.165) is 12.2 Å². The normalized spacial score (nSPS) is 10.2. The van der Waals surface area contributed by atoms with Crippen LogP contribution >= 0.6 is 0 Å². The summed E-state index contributed by atoms with van der Waals surface area (Å²) in [6.45, 7) is 2.76. The molecule has 0 fully saturated rings. The van der Waals surface area contributed by atoms with Crippen LogP contribution in [0.2, 0.25) is 0 Å². The van der Waals surface area contributed by atoms with Crippen molar-refractivity contribution in [2.75, 3.05) is 23.8 Å². The van der Waals surface area contributed by atoms with E-state index >= 15 is 0 Å². The van der Waals surface area contributed by atoms with Crippen molar-refractivity contribution in [1.82, 2.24) is 4.98 Å². The lowest BCUT2D eigenvalue weighted by molar-refractivity contribution is 0.0987. The fourth-order valence-corrected chi connectivity index (χ4v) is 1.83. The zero-order valence-electron chi connectivity index (χ0n) is 11.4. The van der Waals surface area contributed by atoms with Gasteiger partial charge in [0, 0.05) is 13.6 Å². The molecule has 0 atom stereocenters. The Morgan fingerprint density at radius 3 is 2.65 bits per heavy atom. The third kappa shape index (κ3) is 2.93. The van der Waals surface area contributed by atoms with Crippen molar-refractivity contribution in [3.63, 3.8) is 0 Å². The van der Waals surface area contributed by atoms with Crippen LogP contribution < -0.4 is 10.2 Å². The van der Waals surface area contributed by atoms with Gasteiger partial charge in [0.25, 0.3) is 5.91 Å². The smallest absolute Gasteiger partial charge is 0.276 e. The quantitative estimate of drug-likeness (QED) is 0.931. The molecule has 20 heavy (non-hydrogen) atoms. The highest BCUT2D eigenvalue weighted by Crippen LogP contribution is 2.19. The highest BCUT2D eigenvalue weighted by Gasteiger charge is 2.17. The van der Waals surface area contributed by atoms with Gasteiger partial charge >= 0.3 is 0 Å². The summed E-state index contributed by atoms with van der Waals surface area (Å²) in [4.78, 5) is 17.6. The number of carbonyl (C=O) groups is 1. The molecule has 0 aliphatic heterocycles. The maximum Gasteiger partial charge on any atom is 0.276 e. The second-order valence-electron chi connectivity index (χ2n) is 4.28. The summed E-state index contributed by atoms with van der Waals surface area (Å²) in [5, 5.41) is 3.10. The van der Waals surface area contributed by atoms with Crippen molar-refractivity contribution < 1.29 is 9.18 Å². The Labute approximate surface area is 117 Å². The molecule has 2 aromatic rings. The van der Waals surface area contributed by atoms with Crippen molar-refractivity contribution in [3.8, 4) is 0 Å². The molecule has 0 bridgehead atoms. The van der Waals surface area contributed by atoms with Crippen LogP contribution in [0.4, 0.5) is 15.8 Å². The van der Waals surface area contributed by atoms with Crippen molar-refractivity contribution in [2.24, 2.45) is 0 Å². The first-order valence-corrected chi connectivity index (χ1v) is 6.36. The van der Waals surface area contributed by atoms with Crippen LogP contribution in [0, 0.1) is 5.82 Å². The van der Waals surface area contributed by atoms with Crippen LogP contribution in [-0.4, -0.2) is 24.5 Å². The fourth-order valence-electron chi connectivity index (χ4n) is 1.83. The molecule has 2 rings (SSSR count). The number of para-hydroxylation sites is 1. The summed E-state index contributed by atoms with van der Waals surface area (Å²) in [5.41, 5.74) is 1.35. The molecule has 0 saturated heterocycles. The van der Waals surface area contributed by atoms with Crippen molar-refractivity contribution in [1.29, 1.82) is 0 Å². The standard InChI is InChI=1S/C15H16FN3O/c1-3-17-11-8-9-13(18-10-11)15(20)19(2)14-7-5-4-6-12(14)16/h4-10,17H,3H2,1-2H3. The lowest BCUT2D eigenvalue weighted by atomic mass is 10.2. The predicted molar refractivity (Wildman–Crippen MR) is 77.5 cm³/mol. The van der Waals surface area contributed by atoms with Gasteiger partial charge in [0.2, 0.25) is 0 Å². The molecule has 0 aliphatic rings. The van der Waals surface area contributed by atoms with Gasteiger partial charge in [-0.05, 0) is 31.2 Å². The Balaban J connectivity index is 2.20. The average molecular weight is 273 g/mol. The van der Waals surface area contributed by atoms with Crippen molar-refractivity contribution in [2.45, 2.75) is 6.92 Å². The van der Waals surface area contributed by atoms with E-state index in [1.807, 2.05) is 6.92 Å². The minimum absolute atomic E-state index is 0.232. The molecule has 1 amide bonds. The van der Waals surface area contributed by atoms with Gasteiger partial charge in [-0.2, -0.15) is 0 Å². The second-order valence-corrected chi connectivity index (χ2v) is 4.28. The highest BCUT2D eigenvalue weighted by molar-refractivity contribution is 6.04. The number of halogens is 1. The molecule has 0 saturated carbocycles. The third-order valence-electron chi connectivity index (χ3n) is 2.88. The van der Waals surface area contributed by atoms with Gasteiger partial charge in [-0.3, -0.25) is 4.79 Å². The monoisotopic (exact) mass is 273 g/mol. The number of carbonyl (C=O) groups excluding carboxylic acids is 1. The Morgan fingerprint density at radius 2 is 2.05 bits per heavy atom. The number of anilines is 2. The first-order valence-electron chi connectivity index (χ1n) is 6.36. The second kappa shape index (κ2) is 6.14. The van der Waals surface area contributed by atoms with Crippen LogP contribution in [0.3, 0.4) is 0 Å². The lowest BCUT2D eigenvalue weighted by Crippen LogP contribution is -2.27. The number of hydrogen-bond acceptors (Lipinski definition) is 3. The molecule has 0 unspecified atom stereocenters. The molecule has 5 heteroatoms.